The minimum atomic E-state index is -0.385. The molecule has 108 valence electrons. The molecule has 1 unspecified atom stereocenters. The number of benzene rings is 1. The van der Waals surface area contributed by atoms with Crippen LogP contribution in [0.1, 0.15) is 46.9 Å². The summed E-state index contributed by atoms with van der Waals surface area (Å²) in [6.07, 6.45) is 2.00. The van der Waals surface area contributed by atoms with Gasteiger partial charge in [0.05, 0.1) is 4.91 Å². The van der Waals surface area contributed by atoms with Gasteiger partial charge >= 0.3 is 0 Å². The fourth-order valence-electron chi connectivity index (χ4n) is 3.10. The molecule has 1 atom stereocenters. The molecule has 21 heavy (non-hydrogen) atoms. The van der Waals surface area contributed by atoms with E-state index in [1.54, 1.807) is 24.3 Å². The maximum absolute atomic E-state index is 12.8. The Bertz CT molecular complexity index is 672. The Kier molecular flexibility index (Phi) is 3.81. The largest absolute Gasteiger partial charge is 0.299 e. The van der Waals surface area contributed by atoms with Gasteiger partial charge in [0.15, 0.2) is 5.78 Å². The summed E-state index contributed by atoms with van der Waals surface area (Å²) in [6, 6.07) is 6.90. The van der Waals surface area contributed by atoms with E-state index >= 15 is 0 Å². The van der Waals surface area contributed by atoms with Gasteiger partial charge in [-0.3, -0.25) is 14.4 Å². The van der Waals surface area contributed by atoms with Crippen LogP contribution in [0.25, 0.3) is 0 Å². The maximum Gasteiger partial charge on any atom is 0.200 e. The number of thioether (sulfide) groups is 1. The van der Waals surface area contributed by atoms with E-state index < -0.39 is 0 Å². The van der Waals surface area contributed by atoms with Crippen LogP contribution in [0.15, 0.2) is 34.7 Å². The predicted octanol–water partition coefficient (Wildman–Crippen LogP) is 3.44. The third-order valence-corrected chi connectivity index (χ3v) is 5.04. The average Bonchev–Trinajstić information content (AvgIpc) is 2.91. The van der Waals surface area contributed by atoms with Gasteiger partial charge in [0.25, 0.3) is 0 Å². The minimum Gasteiger partial charge on any atom is -0.299 e. The van der Waals surface area contributed by atoms with E-state index in [2.05, 4.69) is 0 Å². The molecule has 1 fully saturated rings. The molecule has 0 aromatic heterocycles. The van der Waals surface area contributed by atoms with Gasteiger partial charge in [0.1, 0.15) is 5.78 Å². The number of carbonyl (C=O) groups is 3. The Morgan fingerprint density at radius 2 is 1.76 bits per heavy atom. The molecule has 0 saturated heterocycles. The van der Waals surface area contributed by atoms with Crippen molar-refractivity contribution in [2.24, 2.45) is 5.92 Å². The van der Waals surface area contributed by atoms with Crippen LogP contribution in [0.4, 0.5) is 0 Å². The molecular weight excluding hydrogens is 284 g/mol. The Morgan fingerprint density at radius 3 is 2.33 bits per heavy atom. The van der Waals surface area contributed by atoms with Gasteiger partial charge in [-0.25, -0.2) is 0 Å². The molecule has 3 rings (SSSR count). The fourth-order valence-corrected chi connectivity index (χ4v) is 4.02. The number of ketones is 3. The number of allylic oxidation sites excluding steroid dienone is 2. The Hall–Kier alpha value is -1.68. The van der Waals surface area contributed by atoms with Crippen molar-refractivity contribution in [3.8, 4) is 0 Å². The predicted molar refractivity (Wildman–Crippen MR) is 82.6 cm³/mol. The monoisotopic (exact) mass is 300 g/mol. The highest BCUT2D eigenvalue weighted by atomic mass is 32.2. The van der Waals surface area contributed by atoms with Gasteiger partial charge in [-0.1, -0.05) is 31.2 Å². The third kappa shape index (κ3) is 2.27. The van der Waals surface area contributed by atoms with Crippen molar-refractivity contribution < 1.29 is 14.4 Å². The third-order valence-electron chi connectivity index (χ3n) is 4.05. The molecular formula is C17H16O3S. The van der Waals surface area contributed by atoms with Crippen LogP contribution in [-0.2, 0) is 4.79 Å². The molecule has 0 heterocycles. The topological polar surface area (TPSA) is 51.2 Å². The van der Waals surface area contributed by atoms with Crippen LogP contribution in [0.2, 0.25) is 0 Å². The van der Waals surface area contributed by atoms with Crippen LogP contribution in [0, 0.1) is 5.92 Å². The Balaban J connectivity index is 2.17. The van der Waals surface area contributed by atoms with Crippen LogP contribution in [0.3, 0.4) is 0 Å². The number of fused-ring (bicyclic) bond motifs is 1. The van der Waals surface area contributed by atoms with Gasteiger partial charge in [-0.05, 0) is 18.6 Å². The first kappa shape index (κ1) is 14.3. The van der Waals surface area contributed by atoms with E-state index in [0.717, 1.165) is 6.42 Å². The maximum atomic E-state index is 12.8. The first-order chi connectivity index (χ1) is 10.1. The van der Waals surface area contributed by atoms with Crippen LogP contribution >= 0.6 is 11.8 Å². The highest BCUT2D eigenvalue weighted by Crippen LogP contribution is 2.40. The second-order valence-electron chi connectivity index (χ2n) is 5.29. The van der Waals surface area contributed by atoms with E-state index in [1.165, 1.54) is 11.8 Å². The standard InChI is InChI=1S/C17H16O3S/c1-2-21-17-14(12-8-5-9-13(12)18)15(19)10-6-3-4-7-11(10)16(17)20/h3-4,6-7,12H,2,5,8-9H2,1H3. The van der Waals surface area contributed by atoms with Crippen molar-refractivity contribution in [2.75, 3.05) is 5.75 Å². The molecule has 1 saturated carbocycles. The lowest BCUT2D eigenvalue weighted by atomic mass is 9.82. The molecule has 0 radical (unpaired) electrons. The number of hydrogen-bond donors (Lipinski definition) is 0. The number of rotatable bonds is 3. The summed E-state index contributed by atoms with van der Waals surface area (Å²) in [6.45, 7) is 1.95. The summed E-state index contributed by atoms with van der Waals surface area (Å²) in [4.78, 5) is 38.1. The summed E-state index contributed by atoms with van der Waals surface area (Å²) in [5.41, 5.74) is 1.36. The summed E-state index contributed by atoms with van der Waals surface area (Å²) in [5.74, 6) is 0.178. The lowest BCUT2D eigenvalue weighted by molar-refractivity contribution is -0.119. The van der Waals surface area contributed by atoms with Gasteiger partial charge in [0, 0.05) is 29.0 Å². The van der Waals surface area contributed by atoms with E-state index in [-0.39, 0.29) is 23.3 Å². The van der Waals surface area contributed by atoms with Crippen molar-refractivity contribution in [3.63, 3.8) is 0 Å². The average molecular weight is 300 g/mol. The molecule has 1 aromatic carbocycles. The van der Waals surface area contributed by atoms with Crippen molar-refractivity contribution in [1.82, 2.24) is 0 Å². The summed E-state index contributed by atoms with van der Waals surface area (Å²) in [7, 11) is 0. The normalized spacial score (nSPS) is 22.0. The van der Waals surface area contributed by atoms with E-state index in [1.807, 2.05) is 6.92 Å². The molecule has 4 heteroatoms. The smallest absolute Gasteiger partial charge is 0.200 e. The van der Waals surface area contributed by atoms with Crippen molar-refractivity contribution in [1.29, 1.82) is 0 Å². The second-order valence-corrected chi connectivity index (χ2v) is 6.57. The van der Waals surface area contributed by atoms with Gasteiger partial charge in [-0.15, -0.1) is 11.8 Å². The SMILES string of the molecule is CCSC1=C(C2CCCC2=O)C(=O)c2ccccc2C1=O. The van der Waals surface area contributed by atoms with Crippen LogP contribution < -0.4 is 0 Å². The fraction of sp³-hybridized carbons (Fsp3) is 0.353. The molecule has 1 aromatic rings. The van der Waals surface area contributed by atoms with E-state index in [0.29, 0.717) is 40.2 Å². The quantitative estimate of drug-likeness (QED) is 0.858. The van der Waals surface area contributed by atoms with Gasteiger partial charge in [0.2, 0.25) is 5.78 Å². The van der Waals surface area contributed by atoms with Crippen molar-refractivity contribution >= 4 is 29.1 Å². The molecule has 0 spiro atoms. The summed E-state index contributed by atoms with van der Waals surface area (Å²) in [5, 5.41) is 0. The van der Waals surface area contributed by atoms with Crippen LogP contribution in [0.5, 0.6) is 0 Å². The van der Waals surface area contributed by atoms with Crippen molar-refractivity contribution in [2.45, 2.75) is 26.2 Å². The number of hydrogen-bond acceptors (Lipinski definition) is 4. The lowest BCUT2D eigenvalue weighted by Crippen LogP contribution is -2.27. The number of carbonyl (C=O) groups excluding carboxylic acids is 3. The second kappa shape index (κ2) is 5.60. The molecule has 3 nitrogen and oxygen atoms in total. The molecule has 0 N–H and O–H groups in total. The zero-order valence-corrected chi connectivity index (χ0v) is 12.7. The molecule has 0 bridgehead atoms. The zero-order valence-electron chi connectivity index (χ0n) is 11.8. The van der Waals surface area contributed by atoms with Gasteiger partial charge < -0.3 is 0 Å². The first-order valence-electron chi connectivity index (χ1n) is 7.23. The Labute approximate surface area is 127 Å². The van der Waals surface area contributed by atoms with Gasteiger partial charge in [-0.2, -0.15) is 0 Å². The zero-order chi connectivity index (χ0) is 15.0. The minimum absolute atomic E-state index is 0.0970. The molecule has 2 aliphatic carbocycles. The molecule has 0 aliphatic heterocycles. The molecule has 0 amide bonds. The molecule has 2 aliphatic rings. The van der Waals surface area contributed by atoms with E-state index in [4.69, 9.17) is 0 Å². The summed E-state index contributed by atoms with van der Waals surface area (Å²) >= 11 is 1.38. The number of Topliss-reactive ketones (excluding diaryl/α,β-unsaturated/α-hetero) is 3. The van der Waals surface area contributed by atoms with E-state index in [9.17, 15) is 14.4 Å². The van der Waals surface area contributed by atoms with Crippen LogP contribution in [-0.4, -0.2) is 23.1 Å². The lowest BCUT2D eigenvalue weighted by Gasteiger charge is -2.23. The first-order valence-corrected chi connectivity index (χ1v) is 8.21. The highest BCUT2D eigenvalue weighted by molar-refractivity contribution is 8.04. The Morgan fingerprint density at radius 1 is 1.10 bits per heavy atom. The highest BCUT2D eigenvalue weighted by Gasteiger charge is 2.40. The van der Waals surface area contributed by atoms with Crippen molar-refractivity contribution in [3.05, 3.63) is 45.9 Å². The summed E-state index contributed by atoms with van der Waals surface area (Å²) < 4.78 is 0.